The number of aliphatic hydroxyl groups excluding tert-OH is 1. The number of Topliss-reactive ketones (excluding diaryl/α,β-unsaturated/α-hetero) is 1. The molecular formula is C28H33NO8. The summed E-state index contributed by atoms with van der Waals surface area (Å²) in [7, 11) is 1.58. The van der Waals surface area contributed by atoms with Crippen molar-refractivity contribution in [2.24, 2.45) is 0 Å². The topological polar surface area (TPSA) is 104 Å². The van der Waals surface area contributed by atoms with E-state index in [-0.39, 0.29) is 17.9 Å². The Hall–Kier alpha value is -3.72. The molecule has 198 valence electrons. The lowest BCUT2D eigenvalue weighted by Crippen LogP contribution is -2.31. The van der Waals surface area contributed by atoms with E-state index in [1.807, 2.05) is 13.8 Å². The molecule has 2 aromatic carbocycles. The molecule has 1 unspecified atom stereocenters. The minimum absolute atomic E-state index is 0.00349. The number of likely N-dealkylation sites (tertiary alicyclic amines) is 1. The van der Waals surface area contributed by atoms with Crippen LogP contribution < -0.4 is 18.9 Å². The van der Waals surface area contributed by atoms with E-state index in [0.29, 0.717) is 73.6 Å². The molecule has 1 amide bonds. The van der Waals surface area contributed by atoms with E-state index < -0.39 is 17.7 Å². The van der Waals surface area contributed by atoms with Crippen molar-refractivity contribution in [2.45, 2.75) is 32.7 Å². The van der Waals surface area contributed by atoms with E-state index >= 15 is 0 Å². The molecular weight excluding hydrogens is 478 g/mol. The van der Waals surface area contributed by atoms with E-state index in [9.17, 15) is 14.7 Å². The van der Waals surface area contributed by atoms with Gasteiger partial charge in [0.1, 0.15) is 19.0 Å². The van der Waals surface area contributed by atoms with Crippen molar-refractivity contribution in [1.82, 2.24) is 4.90 Å². The number of rotatable bonds is 11. The van der Waals surface area contributed by atoms with Gasteiger partial charge in [-0.25, -0.2) is 0 Å². The van der Waals surface area contributed by atoms with E-state index in [0.717, 1.165) is 6.42 Å². The molecule has 0 aromatic heterocycles. The largest absolute Gasteiger partial charge is 0.507 e. The van der Waals surface area contributed by atoms with Gasteiger partial charge in [0, 0.05) is 25.8 Å². The quantitative estimate of drug-likeness (QED) is 0.208. The number of aliphatic hydroxyl groups is 1. The number of nitrogens with zero attached hydrogens (tertiary/aromatic N) is 1. The molecule has 2 aliphatic heterocycles. The van der Waals surface area contributed by atoms with Crippen molar-refractivity contribution in [3.05, 3.63) is 53.1 Å². The van der Waals surface area contributed by atoms with Crippen LogP contribution in [0.2, 0.25) is 0 Å². The van der Waals surface area contributed by atoms with Gasteiger partial charge in [0.15, 0.2) is 23.0 Å². The van der Waals surface area contributed by atoms with Gasteiger partial charge in [-0.3, -0.25) is 9.59 Å². The number of ether oxygens (including phenoxy) is 5. The number of carbonyl (C=O) groups excluding carboxylic acids is 2. The predicted octanol–water partition coefficient (Wildman–Crippen LogP) is 4.10. The molecule has 1 atom stereocenters. The van der Waals surface area contributed by atoms with Crippen molar-refractivity contribution in [2.75, 3.05) is 46.7 Å². The third-order valence-electron chi connectivity index (χ3n) is 6.15. The molecule has 1 N–H and O–H groups in total. The zero-order chi connectivity index (χ0) is 26.4. The molecule has 0 bridgehead atoms. The zero-order valence-corrected chi connectivity index (χ0v) is 21.5. The smallest absolute Gasteiger partial charge is 0.295 e. The maximum Gasteiger partial charge on any atom is 0.295 e. The highest BCUT2D eigenvalue weighted by Gasteiger charge is 2.46. The molecule has 4 rings (SSSR count). The van der Waals surface area contributed by atoms with Crippen LogP contribution in [0, 0.1) is 0 Å². The number of benzene rings is 2. The summed E-state index contributed by atoms with van der Waals surface area (Å²) in [5.41, 5.74) is 0.990. The van der Waals surface area contributed by atoms with Crippen LogP contribution in [0.3, 0.4) is 0 Å². The molecule has 1 fully saturated rings. The zero-order valence-electron chi connectivity index (χ0n) is 21.5. The maximum atomic E-state index is 13.3. The highest BCUT2D eigenvalue weighted by atomic mass is 16.6. The number of hydrogen-bond donors (Lipinski definition) is 1. The SMILES string of the molecule is CCCOc1ccc(C2/C(=C(/O)c3ccc4c(c3)OCCO4)C(=O)C(=O)N2CCCOC)cc1OCC. The second-order valence-corrected chi connectivity index (χ2v) is 8.68. The summed E-state index contributed by atoms with van der Waals surface area (Å²) in [6.45, 7) is 6.34. The summed E-state index contributed by atoms with van der Waals surface area (Å²) < 4.78 is 28.0. The molecule has 2 aromatic rings. The highest BCUT2D eigenvalue weighted by molar-refractivity contribution is 6.46. The summed E-state index contributed by atoms with van der Waals surface area (Å²) in [6.07, 6.45) is 1.36. The standard InChI is InChI=1S/C28H33NO8/c1-4-12-35-20-9-7-18(16-22(20)34-5-2)25-24(27(31)28(32)29(25)11-6-13-33-3)26(30)19-8-10-21-23(17-19)37-15-14-36-21/h7-10,16-17,25,30H,4-6,11-15H2,1-3H3/b26-24-. The third-order valence-corrected chi connectivity index (χ3v) is 6.15. The Morgan fingerprint density at radius 3 is 2.51 bits per heavy atom. The van der Waals surface area contributed by atoms with Gasteiger partial charge in [-0.1, -0.05) is 13.0 Å². The molecule has 9 nitrogen and oxygen atoms in total. The number of methoxy groups -OCH3 is 1. The fourth-order valence-electron chi connectivity index (χ4n) is 4.48. The monoisotopic (exact) mass is 511 g/mol. The second-order valence-electron chi connectivity index (χ2n) is 8.68. The Labute approximate surface area is 216 Å². The fourth-order valence-corrected chi connectivity index (χ4v) is 4.48. The lowest BCUT2D eigenvalue weighted by molar-refractivity contribution is -0.140. The molecule has 9 heteroatoms. The Morgan fingerprint density at radius 2 is 1.78 bits per heavy atom. The van der Waals surface area contributed by atoms with Crippen LogP contribution in [0.25, 0.3) is 5.76 Å². The van der Waals surface area contributed by atoms with Gasteiger partial charge in [-0.2, -0.15) is 0 Å². The average Bonchev–Trinajstić information content (AvgIpc) is 3.17. The number of amides is 1. The van der Waals surface area contributed by atoms with E-state index in [1.165, 1.54) is 4.90 Å². The van der Waals surface area contributed by atoms with Crippen molar-refractivity contribution >= 4 is 17.4 Å². The van der Waals surface area contributed by atoms with E-state index in [1.54, 1.807) is 43.5 Å². The van der Waals surface area contributed by atoms with Gasteiger partial charge < -0.3 is 33.7 Å². The molecule has 0 spiro atoms. The predicted molar refractivity (Wildman–Crippen MR) is 136 cm³/mol. The van der Waals surface area contributed by atoms with Crippen LogP contribution in [-0.4, -0.2) is 68.4 Å². The summed E-state index contributed by atoms with van der Waals surface area (Å²) in [5, 5.41) is 11.4. The van der Waals surface area contributed by atoms with Gasteiger partial charge in [-0.15, -0.1) is 0 Å². The summed E-state index contributed by atoms with van der Waals surface area (Å²) in [5.74, 6) is 0.411. The van der Waals surface area contributed by atoms with Crippen LogP contribution in [0.15, 0.2) is 42.0 Å². The minimum atomic E-state index is -0.815. The molecule has 0 aliphatic carbocycles. The summed E-state index contributed by atoms with van der Waals surface area (Å²) in [4.78, 5) is 27.9. The van der Waals surface area contributed by atoms with Crippen LogP contribution in [0.5, 0.6) is 23.0 Å². The molecule has 37 heavy (non-hydrogen) atoms. The molecule has 2 heterocycles. The lowest BCUT2D eigenvalue weighted by atomic mass is 9.94. The van der Waals surface area contributed by atoms with E-state index in [4.69, 9.17) is 23.7 Å². The first kappa shape index (κ1) is 26.3. The number of fused-ring (bicyclic) bond motifs is 1. The lowest BCUT2D eigenvalue weighted by Gasteiger charge is -2.26. The van der Waals surface area contributed by atoms with Gasteiger partial charge in [0.05, 0.1) is 24.8 Å². The average molecular weight is 512 g/mol. The summed E-state index contributed by atoms with van der Waals surface area (Å²) in [6, 6.07) is 9.47. The normalized spacial score (nSPS) is 18.2. The van der Waals surface area contributed by atoms with Crippen LogP contribution in [-0.2, 0) is 14.3 Å². The third kappa shape index (κ3) is 5.51. The van der Waals surface area contributed by atoms with Crippen molar-refractivity contribution in [1.29, 1.82) is 0 Å². The first-order valence-electron chi connectivity index (χ1n) is 12.6. The Balaban J connectivity index is 1.81. The number of hydrogen-bond acceptors (Lipinski definition) is 8. The van der Waals surface area contributed by atoms with Crippen LogP contribution in [0.1, 0.15) is 43.9 Å². The van der Waals surface area contributed by atoms with E-state index in [2.05, 4.69) is 0 Å². The second kappa shape index (κ2) is 12.0. The minimum Gasteiger partial charge on any atom is -0.507 e. The first-order valence-corrected chi connectivity index (χ1v) is 12.6. The molecule has 0 radical (unpaired) electrons. The molecule has 2 aliphatic rings. The van der Waals surface area contributed by atoms with Gasteiger partial charge in [0.25, 0.3) is 11.7 Å². The van der Waals surface area contributed by atoms with Crippen molar-refractivity contribution < 1.29 is 38.4 Å². The highest BCUT2D eigenvalue weighted by Crippen LogP contribution is 2.43. The van der Waals surface area contributed by atoms with Crippen LogP contribution in [0.4, 0.5) is 0 Å². The van der Waals surface area contributed by atoms with Gasteiger partial charge >= 0.3 is 0 Å². The maximum absolute atomic E-state index is 13.3. The molecule has 1 saturated heterocycles. The van der Waals surface area contributed by atoms with Gasteiger partial charge in [0.2, 0.25) is 0 Å². The fraction of sp³-hybridized carbons (Fsp3) is 0.429. The van der Waals surface area contributed by atoms with Crippen molar-refractivity contribution in [3.63, 3.8) is 0 Å². The molecule has 0 saturated carbocycles. The van der Waals surface area contributed by atoms with Crippen molar-refractivity contribution in [3.8, 4) is 23.0 Å². The number of carbonyl (C=O) groups is 2. The summed E-state index contributed by atoms with van der Waals surface area (Å²) >= 11 is 0. The Kier molecular flexibility index (Phi) is 8.55. The van der Waals surface area contributed by atoms with Gasteiger partial charge in [-0.05, 0) is 55.7 Å². The Bertz CT molecular complexity index is 1170. The Morgan fingerprint density at radius 1 is 1.00 bits per heavy atom. The number of ketones is 1. The van der Waals surface area contributed by atoms with Crippen LogP contribution >= 0.6 is 0 Å². The first-order chi connectivity index (χ1) is 18.0.